The largest absolute Gasteiger partial charge is 0.394 e. The normalized spacial score (nSPS) is 29.1. The number of hydrogen-bond acceptors (Lipinski definition) is 9. The van der Waals surface area contributed by atoms with E-state index >= 15 is 0 Å². The average molecular weight is 297 g/mol. The molecule has 0 saturated carbocycles. The highest BCUT2D eigenvalue weighted by atomic mass is 16.6. The van der Waals surface area contributed by atoms with Gasteiger partial charge in [0.2, 0.25) is 0 Å². The van der Waals surface area contributed by atoms with Crippen molar-refractivity contribution in [1.82, 2.24) is 19.5 Å². The fourth-order valence-corrected chi connectivity index (χ4v) is 2.32. The SMILES string of the molecule is CONc1ncnc2c1ncn2[C@@H]1O[C@H](CO)[C@@H](O)[C@H]1O. The Kier molecular flexibility index (Phi) is 3.69. The monoisotopic (exact) mass is 297 g/mol. The van der Waals surface area contributed by atoms with Crippen LogP contribution in [0.5, 0.6) is 0 Å². The standard InChI is InChI=1S/C11H15N5O5/c1-20-15-9-6-10(13-3-12-9)16(4-14-6)11-8(19)7(18)5(2-17)21-11/h3-5,7-8,11,17-19H,2H2,1H3,(H,12,13,15)/t5-,7-,8-,11-/m1/s1. The quantitative estimate of drug-likeness (QED) is 0.492. The maximum atomic E-state index is 10.0. The molecule has 2 aromatic rings. The summed E-state index contributed by atoms with van der Waals surface area (Å²) in [6, 6.07) is 0. The molecule has 114 valence electrons. The van der Waals surface area contributed by atoms with Crippen molar-refractivity contribution in [1.29, 1.82) is 0 Å². The Morgan fingerprint density at radius 3 is 2.81 bits per heavy atom. The van der Waals surface area contributed by atoms with Gasteiger partial charge in [0.15, 0.2) is 23.2 Å². The Morgan fingerprint density at radius 2 is 2.14 bits per heavy atom. The fraction of sp³-hybridized carbons (Fsp3) is 0.545. The third-order valence-electron chi connectivity index (χ3n) is 3.35. The Bertz CT molecular complexity index is 634. The minimum Gasteiger partial charge on any atom is -0.394 e. The summed E-state index contributed by atoms with van der Waals surface area (Å²) in [7, 11) is 1.44. The molecule has 0 amide bonds. The molecule has 1 saturated heterocycles. The van der Waals surface area contributed by atoms with Crippen molar-refractivity contribution in [3.8, 4) is 0 Å². The zero-order valence-corrected chi connectivity index (χ0v) is 11.1. The number of anilines is 1. The average Bonchev–Trinajstić information content (AvgIpc) is 3.03. The molecule has 1 aliphatic rings. The van der Waals surface area contributed by atoms with Gasteiger partial charge in [-0.1, -0.05) is 0 Å². The summed E-state index contributed by atoms with van der Waals surface area (Å²) in [6.45, 7) is -0.396. The maximum absolute atomic E-state index is 10.0. The first kappa shape index (κ1) is 14.1. The smallest absolute Gasteiger partial charge is 0.181 e. The molecule has 0 aromatic carbocycles. The molecule has 0 radical (unpaired) electrons. The van der Waals surface area contributed by atoms with Crippen molar-refractivity contribution in [3.05, 3.63) is 12.7 Å². The van der Waals surface area contributed by atoms with Crippen LogP contribution >= 0.6 is 0 Å². The van der Waals surface area contributed by atoms with Crippen LogP contribution in [-0.4, -0.2) is 66.9 Å². The van der Waals surface area contributed by atoms with E-state index in [1.54, 1.807) is 0 Å². The number of hydrogen-bond donors (Lipinski definition) is 4. The highest BCUT2D eigenvalue weighted by Gasteiger charge is 2.44. The molecule has 1 aliphatic heterocycles. The number of aliphatic hydroxyl groups excluding tert-OH is 3. The molecule has 10 nitrogen and oxygen atoms in total. The lowest BCUT2D eigenvalue weighted by atomic mass is 10.1. The number of nitrogens with one attached hydrogen (secondary N) is 1. The second-order valence-corrected chi connectivity index (χ2v) is 4.58. The number of aromatic nitrogens is 4. The van der Waals surface area contributed by atoms with Crippen molar-refractivity contribution in [2.75, 3.05) is 19.2 Å². The van der Waals surface area contributed by atoms with E-state index in [-0.39, 0.29) is 0 Å². The highest BCUT2D eigenvalue weighted by molar-refractivity contribution is 5.82. The van der Waals surface area contributed by atoms with E-state index in [2.05, 4.69) is 20.4 Å². The second-order valence-electron chi connectivity index (χ2n) is 4.58. The van der Waals surface area contributed by atoms with E-state index in [4.69, 9.17) is 14.7 Å². The molecule has 3 heterocycles. The Labute approximate surface area is 118 Å². The number of ether oxygens (including phenoxy) is 1. The van der Waals surface area contributed by atoms with Crippen LogP contribution in [0.2, 0.25) is 0 Å². The summed E-state index contributed by atoms with van der Waals surface area (Å²) in [5.74, 6) is 0.369. The van der Waals surface area contributed by atoms with Gasteiger partial charge < -0.3 is 20.1 Å². The lowest BCUT2D eigenvalue weighted by molar-refractivity contribution is -0.0511. The zero-order valence-electron chi connectivity index (χ0n) is 11.1. The highest BCUT2D eigenvalue weighted by Crippen LogP contribution is 2.31. The van der Waals surface area contributed by atoms with Gasteiger partial charge in [0.25, 0.3) is 0 Å². The van der Waals surface area contributed by atoms with Crippen LogP contribution < -0.4 is 5.48 Å². The van der Waals surface area contributed by atoms with Gasteiger partial charge in [-0.3, -0.25) is 9.40 Å². The van der Waals surface area contributed by atoms with E-state index in [9.17, 15) is 10.2 Å². The Hall–Kier alpha value is -1.85. The minimum absolute atomic E-state index is 0.369. The molecule has 21 heavy (non-hydrogen) atoms. The van der Waals surface area contributed by atoms with Crippen molar-refractivity contribution in [3.63, 3.8) is 0 Å². The summed E-state index contributed by atoms with van der Waals surface area (Å²) >= 11 is 0. The molecule has 0 bridgehead atoms. The van der Waals surface area contributed by atoms with Gasteiger partial charge in [0.05, 0.1) is 20.0 Å². The van der Waals surface area contributed by atoms with Gasteiger partial charge in [0.1, 0.15) is 24.6 Å². The molecular weight excluding hydrogens is 282 g/mol. The van der Waals surface area contributed by atoms with Gasteiger partial charge in [-0.05, 0) is 0 Å². The molecule has 3 rings (SSSR count). The van der Waals surface area contributed by atoms with Crippen molar-refractivity contribution in [2.45, 2.75) is 24.5 Å². The second kappa shape index (κ2) is 5.50. The van der Waals surface area contributed by atoms with Crippen LogP contribution in [0.4, 0.5) is 5.82 Å². The summed E-state index contributed by atoms with van der Waals surface area (Å²) in [6.07, 6.45) is -1.42. The van der Waals surface area contributed by atoms with Gasteiger partial charge in [-0.15, -0.1) is 0 Å². The molecule has 0 aliphatic carbocycles. The first-order valence-electron chi connectivity index (χ1n) is 6.26. The first-order valence-corrected chi connectivity index (χ1v) is 6.26. The van der Waals surface area contributed by atoms with Gasteiger partial charge in [0, 0.05) is 0 Å². The molecular formula is C11H15N5O5. The first-order chi connectivity index (χ1) is 10.2. The van der Waals surface area contributed by atoms with E-state index in [1.807, 2.05) is 0 Å². The van der Waals surface area contributed by atoms with E-state index in [1.165, 1.54) is 24.3 Å². The summed E-state index contributed by atoms with van der Waals surface area (Å²) in [4.78, 5) is 17.0. The predicted octanol–water partition coefficient (Wildman–Crippen LogP) is -1.59. The van der Waals surface area contributed by atoms with Crippen LogP contribution in [0.25, 0.3) is 11.2 Å². The summed E-state index contributed by atoms with van der Waals surface area (Å²) in [5, 5.41) is 29.0. The van der Waals surface area contributed by atoms with Gasteiger partial charge in [-0.2, -0.15) is 0 Å². The van der Waals surface area contributed by atoms with Crippen molar-refractivity contribution in [2.24, 2.45) is 0 Å². The van der Waals surface area contributed by atoms with Crippen LogP contribution in [0.3, 0.4) is 0 Å². The van der Waals surface area contributed by atoms with Gasteiger partial charge in [-0.25, -0.2) is 20.4 Å². The molecule has 1 fully saturated rings. The van der Waals surface area contributed by atoms with E-state index in [0.717, 1.165) is 0 Å². The summed E-state index contributed by atoms with van der Waals surface area (Å²) < 4.78 is 6.92. The molecule has 0 unspecified atom stereocenters. The minimum atomic E-state index is -1.20. The van der Waals surface area contributed by atoms with Crippen molar-refractivity contribution < 1.29 is 24.9 Å². The summed E-state index contributed by atoms with van der Waals surface area (Å²) in [5.41, 5.74) is 3.40. The topological polar surface area (TPSA) is 135 Å². The predicted molar refractivity (Wildman–Crippen MR) is 69.0 cm³/mol. The number of imidazole rings is 1. The maximum Gasteiger partial charge on any atom is 0.181 e. The Balaban J connectivity index is 2.00. The number of nitrogens with zero attached hydrogens (tertiary/aromatic N) is 4. The third-order valence-corrected chi connectivity index (χ3v) is 3.35. The molecule has 0 spiro atoms. The van der Waals surface area contributed by atoms with Crippen LogP contribution in [-0.2, 0) is 9.57 Å². The Morgan fingerprint density at radius 1 is 1.33 bits per heavy atom. The third kappa shape index (κ3) is 2.22. The fourth-order valence-electron chi connectivity index (χ4n) is 2.32. The molecule has 4 atom stereocenters. The van der Waals surface area contributed by atoms with Crippen LogP contribution in [0.1, 0.15) is 6.23 Å². The van der Waals surface area contributed by atoms with Crippen molar-refractivity contribution >= 4 is 17.0 Å². The zero-order chi connectivity index (χ0) is 15.0. The molecule has 10 heteroatoms. The molecule has 2 aromatic heterocycles. The molecule has 4 N–H and O–H groups in total. The lowest BCUT2D eigenvalue weighted by Crippen LogP contribution is -2.33. The van der Waals surface area contributed by atoms with Gasteiger partial charge >= 0.3 is 0 Å². The number of fused-ring (bicyclic) bond motifs is 1. The lowest BCUT2D eigenvalue weighted by Gasteiger charge is -2.16. The van der Waals surface area contributed by atoms with Crippen LogP contribution in [0, 0.1) is 0 Å². The van der Waals surface area contributed by atoms with E-state index < -0.39 is 31.1 Å². The van der Waals surface area contributed by atoms with E-state index in [0.29, 0.717) is 17.0 Å². The number of aliphatic hydroxyl groups is 3. The van der Waals surface area contributed by atoms with Crippen LogP contribution in [0.15, 0.2) is 12.7 Å². The number of rotatable bonds is 4.